The van der Waals surface area contributed by atoms with Gasteiger partial charge in [-0.1, -0.05) is 52.5 Å². The number of rotatable bonds is 3. The fourth-order valence-electron chi connectivity index (χ4n) is 1.56. The molecule has 0 unspecified atom stereocenters. The van der Waals surface area contributed by atoms with Crippen molar-refractivity contribution in [1.82, 2.24) is 0 Å². The van der Waals surface area contributed by atoms with Crippen LogP contribution in [0.2, 0.25) is 20.1 Å². The molecule has 0 aromatic heterocycles. The van der Waals surface area contributed by atoms with Crippen molar-refractivity contribution in [2.45, 2.75) is 17.6 Å². The molecule has 0 fully saturated rings. The van der Waals surface area contributed by atoms with Crippen molar-refractivity contribution in [3.8, 4) is 0 Å². The number of aryl methyl sites for hydroxylation is 1. The molecule has 5 heteroatoms. The number of hydrogen-bond acceptors (Lipinski definition) is 1. The normalized spacial score (nSPS) is 10.8. The van der Waals surface area contributed by atoms with Crippen LogP contribution in [-0.4, -0.2) is 0 Å². The lowest BCUT2D eigenvalue weighted by atomic mass is 10.2. The largest absolute Gasteiger partial charge is 0.120 e. The Bertz CT molecular complexity index is 590. The summed E-state index contributed by atoms with van der Waals surface area (Å²) in [6, 6.07) is 9.23. The lowest BCUT2D eigenvalue weighted by molar-refractivity contribution is 1.34. The van der Waals surface area contributed by atoms with Gasteiger partial charge in [0.15, 0.2) is 0 Å². The first-order valence-electron chi connectivity index (χ1n) is 5.50. The third-order valence-corrected chi connectivity index (χ3v) is 5.27. The van der Waals surface area contributed by atoms with Gasteiger partial charge in [0.05, 0.1) is 5.02 Å². The van der Waals surface area contributed by atoms with Crippen molar-refractivity contribution < 1.29 is 0 Å². The van der Waals surface area contributed by atoms with Crippen LogP contribution in [0, 0.1) is 6.92 Å². The van der Waals surface area contributed by atoms with Crippen molar-refractivity contribution in [2.24, 2.45) is 0 Å². The molecule has 0 bridgehead atoms. The highest BCUT2D eigenvalue weighted by molar-refractivity contribution is 7.98. The van der Waals surface area contributed by atoms with Crippen LogP contribution in [0.4, 0.5) is 0 Å². The fourth-order valence-corrected chi connectivity index (χ4v) is 3.87. The Kier molecular flexibility index (Phi) is 5.33. The molecule has 0 amide bonds. The maximum Gasteiger partial charge on any atom is 0.0556 e. The average molecular weight is 352 g/mol. The molecule has 0 heterocycles. The molecule has 0 saturated heterocycles. The summed E-state index contributed by atoms with van der Waals surface area (Å²) in [7, 11) is 0. The van der Waals surface area contributed by atoms with Gasteiger partial charge < -0.3 is 0 Å². The third kappa shape index (κ3) is 3.74. The summed E-state index contributed by atoms with van der Waals surface area (Å²) in [5.74, 6) is 0.666. The van der Waals surface area contributed by atoms with Gasteiger partial charge in [-0.05, 0) is 42.3 Å². The molecule has 2 aromatic carbocycles. The van der Waals surface area contributed by atoms with Gasteiger partial charge in [0.2, 0.25) is 0 Å². The topological polar surface area (TPSA) is 0 Å². The molecule has 2 aromatic rings. The van der Waals surface area contributed by atoms with Gasteiger partial charge in [-0.15, -0.1) is 11.8 Å². The van der Waals surface area contributed by atoms with E-state index in [1.807, 2.05) is 31.2 Å². The van der Waals surface area contributed by atoms with E-state index in [1.165, 1.54) is 0 Å². The van der Waals surface area contributed by atoms with Crippen molar-refractivity contribution >= 4 is 58.2 Å². The smallest absolute Gasteiger partial charge is 0.0556 e. The molecule has 0 radical (unpaired) electrons. The van der Waals surface area contributed by atoms with Crippen LogP contribution in [0.5, 0.6) is 0 Å². The number of hydrogen-bond donors (Lipinski definition) is 0. The van der Waals surface area contributed by atoms with E-state index < -0.39 is 0 Å². The van der Waals surface area contributed by atoms with Crippen LogP contribution >= 0.6 is 58.2 Å². The quantitative estimate of drug-likeness (QED) is 0.542. The minimum absolute atomic E-state index is 0.642. The second-order valence-corrected chi connectivity index (χ2v) is 6.67. The fraction of sp³-hybridized carbons (Fsp3) is 0.143. The molecule has 100 valence electrons. The summed E-state index contributed by atoms with van der Waals surface area (Å²) in [6.45, 7) is 1.95. The highest BCUT2D eigenvalue weighted by Gasteiger charge is 2.09. The van der Waals surface area contributed by atoms with Gasteiger partial charge in [-0.3, -0.25) is 0 Å². The van der Waals surface area contributed by atoms with Gasteiger partial charge in [-0.2, -0.15) is 0 Å². The van der Waals surface area contributed by atoms with E-state index >= 15 is 0 Å². The van der Waals surface area contributed by atoms with Gasteiger partial charge in [-0.25, -0.2) is 0 Å². The second-order valence-electron chi connectivity index (χ2n) is 4.02. The molecular formula is C14H10Cl4S. The number of thioether (sulfide) groups is 1. The molecule has 19 heavy (non-hydrogen) atoms. The Balaban J connectivity index is 2.22. The van der Waals surface area contributed by atoms with E-state index in [4.69, 9.17) is 46.4 Å². The first-order chi connectivity index (χ1) is 8.99. The molecule has 0 saturated carbocycles. The number of halogens is 4. The van der Waals surface area contributed by atoms with E-state index in [9.17, 15) is 0 Å². The zero-order valence-corrected chi connectivity index (χ0v) is 13.9. The Morgan fingerprint density at radius 3 is 2.16 bits per heavy atom. The summed E-state index contributed by atoms with van der Waals surface area (Å²) in [4.78, 5) is 0.972. The van der Waals surface area contributed by atoms with Gasteiger partial charge >= 0.3 is 0 Å². The highest BCUT2D eigenvalue weighted by Crippen LogP contribution is 2.36. The zero-order valence-electron chi connectivity index (χ0n) is 10.0. The molecule has 0 nitrogen and oxygen atoms in total. The van der Waals surface area contributed by atoms with Crippen LogP contribution in [0.1, 0.15) is 11.1 Å². The Morgan fingerprint density at radius 1 is 0.895 bits per heavy atom. The minimum Gasteiger partial charge on any atom is -0.120 e. The highest BCUT2D eigenvalue weighted by atomic mass is 35.5. The van der Waals surface area contributed by atoms with E-state index in [1.54, 1.807) is 17.8 Å². The summed E-state index contributed by atoms with van der Waals surface area (Å²) >= 11 is 26.1. The molecule has 0 aliphatic heterocycles. The Hall–Kier alpha value is -0.0500. The van der Waals surface area contributed by atoms with Crippen LogP contribution in [0.15, 0.2) is 35.2 Å². The van der Waals surface area contributed by atoms with Crippen LogP contribution in [0.3, 0.4) is 0 Å². The summed E-state index contributed by atoms with van der Waals surface area (Å²) < 4.78 is 0. The second kappa shape index (κ2) is 6.60. The molecular weight excluding hydrogens is 342 g/mol. The first kappa shape index (κ1) is 15.3. The van der Waals surface area contributed by atoms with E-state index in [-0.39, 0.29) is 0 Å². The van der Waals surface area contributed by atoms with Crippen LogP contribution in [-0.2, 0) is 5.75 Å². The summed E-state index contributed by atoms with van der Waals surface area (Å²) in [5, 5.41) is 2.65. The molecule has 0 N–H and O–H groups in total. The van der Waals surface area contributed by atoms with Crippen molar-refractivity contribution in [2.75, 3.05) is 0 Å². The summed E-state index contributed by atoms with van der Waals surface area (Å²) in [6.07, 6.45) is 0. The molecule has 2 rings (SSSR count). The lowest BCUT2D eigenvalue weighted by Crippen LogP contribution is -1.86. The van der Waals surface area contributed by atoms with Crippen LogP contribution < -0.4 is 0 Å². The van der Waals surface area contributed by atoms with Gasteiger partial charge in [0, 0.05) is 25.7 Å². The van der Waals surface area contributed by atoms with E-state index in [2.05, 4.69) is 0 Å². The molecule has 0 aliphatic carbocycles. The zero-order chi connectivity index (χ0) is 14.0. The molecule has 0 aliphatic rings. The monoisotopic (exact) mass is 350 g/mol. The Labute approximate surface area is 137 Å². The maximum atomic E-state index is 6.18. The van der Waals surface area contributed by atoms with Crippen molar-refractivity contribution in [3.63, 3.8) is 0 Å². The minimum atomic E-state index is 0.642. The summed E-state index contributed by atoms with van der Waals surface area (Å²) in [5.41, 5.74) is 1.92. The maximum absolute atomic E-state index is 6.18. The standard InChI is InChI=1S/C14H10Cl4S/c1-8-5-14(13(18)6-12(8)17)19-7-9-10(15)3-2-4-11(9)16/h2-6H,7H2,1H3. The molecule has 0 atom stereocenters. The third-order valence-electron chi connectivity index (χ3n) is 2.65. The van der Waals surface area contributed by atoms with E-state index in [0.717, 1.165) is 16.0 Å². The average Bonchev–Trinajstić information content (AvgIpc) is 2.34. The number of benzene rings is 2. The Morgan fingerprint density at radius 2 is 1.53 bits per heavy atom. The van der Waals surface area contributed by atoms with E-state index in [0.29, 0.717) is 25.8 Å². The predicted molar refractivity (Wildman–Crippen MR) is 87.2 cm³/mol. The van der Waals surface area contributed by atoms with Crippen LogP contribution in [0.25, 0.3) is 0 Å². The van der Waals surface area contributed by atoms with Crippen molar-refractivity contribution in [3.05, 3.63) is 61.5 Å². The first-order valence-corrected chi connectivity index (χ1v) is 8.00. The molecule has 0 spiro atoms. The lowest BCUT2D eigenvalue weighted by Gasteiger charge is -2.09. The predicted octanol–water partition coefficient (Wildman–Crippen LogP) is 6.90. The van der Waals surface area contributed by atoms with Gasteiger partial charge in [0.1, 0.15) is 0 Å². The van der Waals surface area contributed by atoms with Gasteiger partial charge in [0.25, 0.3) is 0 Å². The van der Waals surface area contributed by atoms with Crippen molar-refractivity contribution in [1.29, 1.82) is 0 Å². The SMILES string of the molecule is Cc1cc(SCc2c(Cl)cccc2Cl)c(Cl)cc1Cl.